The summed E-state index contributed by atoms with van der Waals surface area (Å²) in [6, 6.07) is 3.51. The van der Waals surface area contributed by atoms with Gasteiger partial charge in [0.1, 0.15) is 22.8 Å². The number of hydrogen-bond donors (Lipinski definition) is 3. The molecule has 0 radical (unpaired) electrons. The number of anilines is 1. The number of rotatable bonds is 1. The Morgan fingerprint density at radius 2 is 2.00 bits per heavy atom. The number of nitrogen functional groups attached to an aromatic ring is 1. The number of nitrogens with one attached hydrogen (secondary N) is 2. The lowest BCUT2D eigenvalue weighted by Gasteiger charge is -1.90. The molecular weight excluding hydrogens is 228 g/mol. The van der Waals surface area contributed by atoms with Crippen LogP contribution in [0.25, 0.3) is 22.6 Å². The molecule has 7 heteroatoms. The Kier molecular flexibility index (Phi) is 1.88. The van der Waals surface area contributed by atoms with Crippen molar-refractivity contribution in [3.8, 4) is 11.5 Å². The lowest BCUT2D eigenvalue weighted by Crippen LogP contribution is -1.81. The van der Waals surface area contributed by atoms with E-state index >= 15 is 0 Å². The molecule has 17 heavy (non-hydrogen) atoms. The third kappa shape index (κ3) is 1.52. The number of hydrogen-bond acceptors (Lipinski definition) is 3. The van der Waals surface area contributed by atoms with E-state index in [0.717, 1.165) is 6.07 Å². The smallest absolute Gasteiger partial charge is 0.156 e. The molecule has 0 bridgehead atoms. The van der Waals surface area contributed by atoms with E-state index < -0.39 is 11.6 Å². The van der Waals surface area contributed by atoms with Crippen LogP contribution in [0.2, 0.25) is 0 Å². The van der Waals surface area contributed by atoms with Crippen molar-refractivity contribution < 1.29 is 8.78 Å². The molecule has 4 N–H and O–H groups in total. The molecule has 1 aromatic carbocycles. The van der Waals surface area contributed by atoms with Crippen molar-refractivity contribution in [3.05, 3.63) is 29.8 Å². The van der Waals surface area contributed by atoms with Crippen LogP contribution < -0.4 is 5.73 Å². The lowest BCUT2D eigenvalue weighted by molar-refractivity contribution is 0.591. The molecule has 0 spiro atoms. The van der Waals surface area contributed by atoms with E-state index in [9.17, 15) is 8.78 Å². The molecule has 0 aliphatic rings. The molecule has 86 valence electrons. The van der Waals surface area contributed by atoms with Gasteiger partial charge >= 0.3 is 0 Å². The summed E-state index contributed by atoms with van der Waals surface area (Å²) < 4.78 is 26.4. The fraction of sp³-hybridized carbons (Fsp3) is 0. The summed E-state index contributed by atoms with van der Waals surface area (Å²) in [6.07, 6.45) is 0. The first-order valence-corrected chi connectivity index (χ1v) is 4.79. The summed E-state index contributed by atoms with van der Waals surface area (Å²) in [6.45, 7) is 0. The van der Waals surface area contributed by atoms with Crippen molar-refractivity contribution in [1.82, 2.24) is 20.2 Å². The van der Waals surface area contributed by atoms with E-state index in [2.05, 4.69) is 20.2 Å². The molecule has 2 heterocycles. The van der Waals surface area contributed by atoms with Crippen molar-refractivity contribution in [3.63, 3.8) is 0 Å². The van der Waals surface area contributed by atoms with Gasteiger partial charge in [0.2, 0.25) is 0 Å². The van der Waals surface area contributed by atoms with Gasteiger partial charge in [0, 0.05) is 12.1 Å². The highest BCUT2D eigenvalue weighted by Gasteiger charge is 2.12. The number of aromatic amines is 2. The topological polar surface area (TPSA) is 83.4 Å². The Bertz CT molecular complexity index is 700. The van der Waals surface area contributed by atoms with Crippen LogP contribution in [0, 0.1) is 11.6 Å². The van der Waals surface area contributed by atoms with Gasteiger partial charge in [0.05, 0.1) is 5.52 Å². The van der Waals surface area contributed by atoms with Crippen LogP contribution in [0.15, 0.2) is 18.2 Å². The number of nitrogens with zero attached hydrogens (tertiary/aromatic N) is 2. The highest BCUT2D eigenvalue weighted by molar-refractivity contribution is 5.79. The number of fused-ring (bicyclic) bond motifs is 1. The van der Waals surface area contributed by atoms with Crippen molar-refractivity contribution in [2.75, 3.05) is 5.73 Å². The van der Waals surface area contributed by atoms with Gasteiger partial charge in [0.15, 0.2) is 11.6 Å². The SMILES string of the molecule is Nc1cc(-c2nc3c(F)cc(F)cc3[nH]2)[nH]n1. The Labute approximate surface area is 93.7 Å². The molecule has 0 saturated carbocycles. The van der Waals surface area contributed by atoms with Crippen molar-refractivity contribution >= 4 is 16.9 Å². The average Bonchev–Trinajstić information content (AvgIpc) is 2.83. The molecule has 0 saturated heterocycles. The van der Waals surface area contributed by atoms with E-state index in [0.29, 0.717) is 17.3 Å². The van der Waals surface area contributed by atoms with E-state index in [1.165, 1.54) is 6.07 Å². The van der Waals surface area contributed by atoms with Gasteiger partial charge in [-0.3, -0.25) is 5.10 Å². The summed E-state index contributed by atoms with van der Waals surface area (Å²) >= 11 is 0. The van der Waals surface area contributed by atoms with E-state index in [1.807, 2.05) is 0 Å². The lowest BCUT2D eigenvalue weighted by atomic mass is 10.3. The molecule has 5 nitrogen and oxygen atoms in total. The number of benzene rings is 1. The molecule has 0 unspecified atom stereocenters. The Balaban J connectivity index is 2.23. The van der Waals surface area contributed by atoms with Crippen LogP contribution in [0.1, 0.15) is 0 Å². The van der Waals surface area contributed by atoms with Gasteiger partial charge in [-0.2, -0.15) is 5.10 Å². The molecule has 2 aromatic heterocycles. The minimum Gasteiger partial charge on any atom is -0.382 e. The molecule has 0 aliphatic carbocycles. The van der Waals surface area contributed by atoms with Crippen molar-refractivity contribution in [2.45, 2.75) is 0 Å². The van der Waals surface area contributed by atoms with Crippen LogP contribution in [0.5, 0.6) is 0 Å². The summed E-state index contributed by atoms with van der Waals surface area (Å²) in [5, 5.41) is 6.36. The van der Waals surface area contributed by atoms with Crippen LogP contribution in [0.4, 0.5) is 14.6 Å². The second-order valence-corrected chi connectivity index (χ2v) is 3.58. The Hall–Kier alpha value is -2.44. The largest absolute Gasteiger partial charge is 0.382 e. The van der Waals surface area contributed by atoms with Gasteiger partial charge < -0.3 is 10.7 Å². The number of aromatic nitrogens is 4. The highest BCUT2D eigenvalue weighted by atomic mass is 19.1. The monoisotopic (exact) mass is 235 g/mol. The first-order valence-electron chi connectivity index (χ1n) is 4.79. The second-order valence-electron chi connectivity index (χ2n) is 3.58. The summed E-state index contributed by atoms with van der Waals surface area (Å²) in [4.78, 5) is 6.80. The number of imidazole rings is 1. The minimum absolute atomic E-state index is 0.0783. The standard InChI is InChI=1S/C10H7F2N5/c11-4-1-5(12)9-6(2-4)14-10(15-9)7-3-8(13)17-16-7/h1-3H,(H,14,15)(H3,13,16,17). The maximum absolute atomic E-state index is 13.4. The van der Waals surface area contributed by atoms with Crippen molar-refractivity contribution in [2.24, 2.45) is 0 Å². The normalized spacial score (nSPS) is 11.2. The number of H-pyrrole nitrogens is 2. The molecular formula is C10H7F2N5. The molecule has 0 fully saturated rings. The predicted molar refractivity (Wildman–Crippen MR) is 58.0 cm³/mol. The molecule has 0 amide bonds. The Morgan fingerprint density at radius 1 is 1.18 bits per heavy atom. The predicted octanol–water partition coefficient (Wildman–Crippen LogP) is 1.81. The van der Waals surface area contributed by atoms with Gasteiger partial charge in [-0.15, -0.1) is 0 Å². The molecule has 3 aromatic rings. The van der Waals surface area contributed by atoms with Crippen LogP contribution >= 0.6 is 0 Å². The van der Waals surface area contributed by atoms with Crippen molar-refractivity contribution in [1.29, 1.82) is 0 Å². The van der Waals surface area contributed by atoms with Crippen LogP contribution in [-0.2, 0) is 0 Å². The zero-order chi connectivity index (χ0) is 12.0. The number of halogens is 2. The Morgan fingerprint density at radius 3 is 2.71 bits per heavy atom. The van der Waals surface area contributed by atoms with Gasteiger partial charge in [0.25, 0.3) is 0 Å². The summed E-state index contributed by atoms with van der Waals surface area (Å²) in [7, 11) is 0. The number of nitrogens with two attached hydrogens (primary N) is 1. The third-order valence-corrected chi connectivity index (χ3v) is 2.36. The summed E-state index contributed by atoms with van der Waals surface area (Å²) in [5.74, 6) is -0.717. The summed E-state index contributed by atoms with van der Waals surface area (Å²) in [5.41, 5.74) is 6.32. The third-order valence-electron chi connectivity index (χ3n) is 2.36. The fourth-order valence-electron chi connectivity index (χ4n) is 1.63. The zero-order valence-electron chi connectivity index (χ0n) is 8.46. The van der Waals surface area contributed by atoms with Gasteiger partial charge in [-0.05, 0) is 6.07 Å². The average molecular weight is 235 g/mol. The molecule has 3 rings (SSSR count). The maximum Gasteiger partial charge on any atom is 0.156 e. The maximum atomic E-state index is 13.4. The fourth-order valence-corrected chi connectivity index (χ4v) is 1.63. The molecule has 0 atom stereocenters. The zero-order valence-corrected chi connectivity index (χ0v) is 8.46. The van der Waals surface area contributed by atoms with E-state index in [4.69, 9.17) is 5.73 Å². The van der Waals surface area contributed by atoms with Crippen LogP contribution in [-0.4, -0.2) is 20.2 Å². The van der Waals surface area contributed by atoms with Crippen LogP contribution in [0.3, 0.4) is 0 Å². The quantitative estimate of drug-likeness (QED) is 0.601. The van der Waals surface area contributed by atoms with Gasteiger partial charge in [-0.1, -0.05) is 0 Å². The first-order chi connectivity index (χ1) is 8.13. The highest BCUT2D eigenvalue weighted by Crippen LogP contribution is 2.22. The second kappa shape index (κ2) is 3.27. The van der Waals surface area contributed by atoms with Gasteiger partial charge in [-0.25, -0.2) is 13.8 Å². The molecule has 0 aliphatic heterocycles. The van der Waals surface area contributed by atoms with E-state index in [-0.39, 0.29) is 11.0 Å². The first kappa shape index (κ1) is 9.76. The minimum atomic E-state index is -0.713. The van der Waals surface area contributed by atoms with E-state index in [1.54, 1.807) is 6.07 Å².